The molecule has 0 spiro atoms. The lowest BCUT2D eigenvalue weighted by molar-refractivity contribution is 0.156. The van der Waals surface area contributed by atoms with E-state index in [0.717, 1.165) is 0 Å². The van der Waals surface area contributed by atoms with Gasteiger partial charge < -0.3 is 10.6 Å². The van der Waals surface area contributed by atoms with Crippen molar-refractivity contribution in [2.45, 2.75) is 25.8 Å². The fourth-order valence-corrected chi connectivity index (χ4v) is 1.80. The second-order valence-electron chi connectivity index (χ2n) is 4.20. The number of hydrogen-bond acceptors (Lipinski definition) is 2. The fraction of sp³-hybridized carbons (Fsp3) is 0.500. The fourth-order valence-electron chi connectivity index (χ4n) is 1.80. The van der Waals surface area contributed by atoms with Crippen molar-refractivity contribution in [2.24, 2.45) is 5.73 Å². The maximum atomic E-state index is 13.7. The van der Waals surface area contributed by atoms with Gasteiger partial charge in [-0.2, -0.15) is 0 Å². The van der Waals surface area contributed by atoms with Gasteiger partial charge in [0.2, 0.25) is 0 Å². The van der Waals surface area contributed by atoms with Gasteiger partial charge in [-0.15, -0.1) is 0 Å². The van der Waals surface area contributed by atoms with Crippen LogP contribution in [0.25, 0.3) is 0 Å². The van der Waals surface area contributed by atoms with Crippen LogP contribution in [0.4, 0.5) is 18.9 Å². The highest BCUT2D eigenvalue weighted by Gasteiger charge is 2.16. The molecule has 1 atom stereocenters. The predicted molar refractivity (Wildman–Crippen MR) is 63.0 cm³/mol. The summed E-state index contributed by atoms with van der Waals surface area (Å²) >= 11 is 0. The van der Waals surface area contributed by atoms with Crippen LogP contribution < -0.4 is 10.6 Å². The highest BCUT2D eigenvalue weighted by molar-refractivity contribution is 5.54. The average molecular weight is 246 g/mol. The summed E-state index contributed by atoms with van der Waals surface area (Å²) in [6.45, 7) is 1.30. The zero-order valence-corrected chi connectivity index (χ0v) is 9.96. The molecule has 2 N–H and O–H groups in total. The van der Waals surface area contributed by atoms with Gasteiger partial charge in [-0.25, -0.2) is 13.2 Å². The molecule has 0 saturated heterocycles. The first-order valence-electron chi connectivity index (χ1n) is 5.44. The molecule has 5 heteroatoms. The largest absolute Gasteiger partial charge is 0.366 e. The normalized spacial score (nSPS) is 12.9. The van der Waals surface area contributed by atoms with Gasteiger partial charge in [0, 0.05) is 13.1 Å². The molecule has 0 aliphatic carbocycles. The van der Waals surface area contributed by atoms with Crippen molar-refractivity contribution in [1.29, 1.82) is 0 Å². The van der Waals surface area contributed by atoms with Crippen LogP contribution in [0, 0.1) is 5.82 Å². The molecule has 0 aliphatic heterocycles. The first-order chi connectivity index (χ1) is 7.91. The van der Waals surface area contributed by atoms with E-state index in [1.807, 2.05) is 0 Å². The van der Waals surface area contributed by atoms with Crippen LogP contribution in [0.5, 0.6) is 0 Å². The lowest BCUT2D eigenvalue weighted by atomic mass is 10.0. The molecular formula is C12H17F3N2. The highest BCUT2D eigenvalue weighted by atomic mass is 19.3. The number of nitrogens with two attached hydrogens (primary N) is 1. The molecule has 0 saturated carbocycles. The van der Waals surface area contributed by atoms with E-state index >= 15 is 0 Å². The van der Waals surface area contributed by atoms with E-state index in [-0.39, 0.29) is 11.7 Å². The summed E-state index contributed by atoms with van der Waals surface area (Å²) in [5.74, 6) is -0.494. The molecule has 1 unspecified atom stereocenters. The number of rotatable bonds is 5. The van der Waals surface area contributed by atoms with Gasteiger partial charge in [0.25, 0.3) is 6.43 Å². The summed E-state index contributed by atoms with van der Waals surface area (Å²) in [5, 5.41) is 0. The quantitative estimate of drug-likeness (QED) is 0.864. The van der Waals surface area contributed by atoms with Crippen LogP contribution in [0.1, 0.15) is 12.5 Å². The molecule has 0 bridgehead atoms. The summed E-state index contributed by atoms with van der Waals surface area (Å²) in [6, 6.07) is 4.40. The van der Waals surface area contributed by atoms with Gasteiger partial charge in [-0.05, 0) is 25.0 Å². The smallest absolute Gasteiger partial charge is 0.255 e. The van der Waals surface area contributed by atoms with Crippen molar-refractivity contribution < 1.29 is 13.2 Å². The third kappa shape index (κ3) is 3.93. The van der Waals surface area contributed by atoms with E-state index in [0.29, 0.717) is 12.0 Å². The Balaban J connectivity index is 3.02. The van der Waals surface area contributed by atoms with Gasteiger partial charge in [-0.1, -0.05) is 12.1 Å². The number of nitrogens with zero attached hydrogens (tertiary/aromatic N) is 1. The summed E-state index contributed by atoms with van der Waals surface area (Å²) in [6.07, 6.45) is -2.04. The third-order valence-corrected chi connectivity index (χ3v) is 2.41. The van der Waals surface area contributed by atoms with Crippen molar-refractivity contribution in [3.63, 3.8) is 0 Å². The molecule has 1 aromatic rings. The Kier molecular flexibility index (Phi) is 4.81. The van der Waals surface area contributed by atoms with Crippen LogP contribution in [0.3, 0.4) is 0 Å². The topological polar surface area (TPSA) is 29.3 Å². The Morgan fingerprint density at radius 2 is 2.00 bits per heavy atom. The van der Waals surface area contributed by atoms with E-state index in [9.17, 15) is 13.2 Å². The molecule has 17 heavy (non-hydrogen) atoms. The molecule has 1 rings (SSSR count). The minimum Gasteiger partial charge on any atom is -0.366 e. The number of hydrogen-bond donors (Lipinski definition) is 1. The molecule has 0 heterocycles. The molecule has 0 fully saturated rings. The average Bonchev–Trinajstić information content (AvgIpc) is 2.14. The summed E-state index contributed by atoms with van der Waals surface area (Å²) in [4.78, 5) is 1.23. The second-order valence-corrected chi connectivity index (χ2v) is 4.20. The Morgan fingerprint density at radius 1 is 1.35 bits per heavy atom. The second kappa shape index (κ2) is 5.91. The Hall–Kier alpha value is -1.23. The maximum Gasteiger partial charge on any atom is 0.255 e. The summed E-state index contributed by atoms with van der Waals surface area (Å²) < 4.78 is 38.3. The third-order valence-electron chi connectivity index (χ3n) is 2.41. The number of halogens is 3. The summed E-state index contributed by atoms with van der Waals surface area (Å²) in [7, 11) is 1.45. The van der Waals surface area contributed by atoms with Crippen molar-refractivity contribution in [3.05, 3.63) is 29.6 Å². The van der Waals surface area contributed by atoms with Crippen molar-refractivity contribution >= 4 is 5.69 Å². The van der Waals surface area contributed by atoms with Gasteiger partial charge in [-0.3, -0.25) is 0 Å². The van der Waals surface area contributed by atoms with Crippen LogP contribution in [0.15, 0.2) is 18.2 Å². The van der Waals surface area contributed by atoms with Gasteiger partial charge in [0.05, 0.1) is 12.2 Å². The molecule has 0 amide bonds. The highest BCUT2D eigenvalue weighted by Crippen LogP contribution is 2.25. The molecule has 0 radical (unpaired) electrons. The lowest BCUT2D eigenvalue weighted by Crippen LogP contribution is -2.27. The van der Waals surface area contributed by atoms with Crippen LogP contribution in [-0.4, -0.2) is 26.1 Å². The molecule has 1 aromatic carbocycles. The number of anilines is 1. The van der Waals surface area contributed by atoms with Crippen molar-refractivity contribution in [1.82, 2.24) is 0 Å². The maximum absolute atomic E-state index is 13.7. The van der Waals surface area contributed by atoms with Crippen molar-refractivity contribution in [2.75, 3.05) is 18.5 Å². The zero-order valence-electron chi connectivity index (χ0n) is 9.96. The van der Waals surface area contributed by atoms with E-state index in [1.165, 1.54) is 18.0 Å². The van der Waals surface area contributed by atoms with Crippen LogP contribution in [0.2, 0.25) is 0 Å². The molecule has 0 aromatic heterocycles. The molecule has 2 nitrogen and oxygen atoms in total. The number of benzene rings is 1. The Labute approximate surface area is 99.2 Å². The molecule has 96 valence electrons. The predicted octanol–water partition coefficient (Wildman–Crippen LogP) is 2.42. The van der Waals surface area contributed by atoms with Crippen molar-refractivity contribution in [3.8, 4) is 0 Å². The molecule has 0 aliphatic rings. The zero-order chi connectivity index (χ0) is 13.0. The minimum absolute atomic E-state index is 0.143. The summed E-state index contributed by atoms with van der Waals surface area (Å²) in [5.41, 5.74) is 6.52. The van der Waals surface area contributed by atoms with Crippen LogP contribution >= 0.6 is 0 Å². The monoisotopic (exact) mass is 246 g/mol. The SMILES string of the molecule is CC(N)Cc1cccc(F)c1N(C)CC(F)F. The Bertz CT molecular complexity index is 367. The van der Waals surface area contributed by atoms with E-state index in [2.05, 4.69) is 0 Å². The minimum atomic E-state index is -2.50. The first kappa shape index (κ1) is 13.8. The Morgan fingerprint density at radius 3 is 2.53 bits per heavy atom. The van der Waals surface area contributed by atoms with Gasteiger partial charge in [0.1, 0.15) is 5.82 Å². The van der Waals surface area contributed by atoms with E-state index in [1.54, 1.807) is 19.1 Å². The van der Waals surface area contributed by atoms with Crippen LogP contribution in [-0.2, 0) is 6.42 Å². The standard InChI is InChI=1S/C12H17F3N2/c1-8(16)6-9-4-3-5-10(13)12(9)17(2)7-11(14)15/h3-5,8,11H,6-7,16H2,1-2H3. The molecular weight excluding hydrogens is 229 g/mol. The first-order valence-corrected chi connectivity index (χ1v) is 5.44. The number of para-hydroxylation sites is 1. The van der Waals surface area contributed by atoms with Gasteiger partial charge in [0.15, 0.2) is 0 Å². The van der Waals surface area contributed by atoms with Gasteiger partial charge >= 0.3 is 0 Å². The van der Waals surface area contributed by atoms with E-state index in [4.69, 9.17) is 5.73 Å². The lowest BCUT2D eigenvalue weighted by Gasteiger charge is -2.23. The van der Waals surface area contributed by atoms with E-state index < -0.39 is 18.8 Å². The number of alkyl halides is 2.